The molecule has 236 valence electrons. The van der Waals surface area contributed by atoms with Gasteiger partial charge in [0.25, 0.3) is 5.56 Å². The highest BCUT2D eigenvalue weighted by Gasteiger charge is 2.58. The number of ether oxygens (including phenoxy) is 2. The van der Waals surface area contributed by atoms with E-state index in [-0.39, 0.29) is 36.0 Å². The Hall–Kier alpha value is -2.33. The van der Waals surface area contributed by atoms with E-state index in [1.54, 1.807) is 4.57 Å². The van der Waals surface area contributed by atoms with E-state index in [0.717, 1.165) is 0 Å². The van der Waals surface area contributed by atoms with Crippen LogP contribution in [0.2, 0.25) is 0 Å². The molecule has 3 saturated heterocycles. The summed E-state index contributed by atoms with van der Waals surface area (Å²) in [4.78, 5) is 57.2. The summed E-state index contributed by atoms with van der Waals surface area (Å²) in [5.74, 6) is -0.0396. The lowest BCUT2D eigenvalue weighted by atomic mass is 10.1. The number of aromatic amines is 1. The molecule has 2 bridgehead atoms. The Morgan fingerprint density at radius 3 is 2.43 bits per heavy atom. The average molecular weight is 695 g/mol. The zero-order chi connectivity index (χ0) is 31.0. The standard InChI is InChI=1S/C20H24FN10O9P2S2/c21-11-9-3-36-41(33,43)39-7-1-10(30-5-26-12-15(22)24-4-25-16(12)30)37-8(7)2-35-42(34,44)40-14(11)19(38-9)31-6-27-13-17(31)28-20(23)29-18(13)32/h4-11,14,19,33-34,43-44H,1-3H2,(H4-,22,23,24,25,28,29,32)/q+1/p+1/t7-,8+,9+,10+,11+,14+,19+,41?,42?/m0/s1. The van der Waals surface area contributed by atoms with Crippen LogP contribution in [-0.4, -0.2) is 92.6 Å². The third-order valence-electron chi connectivity index (χ3n) is 7.21. The fraction of sp³-hybridized carbons (Fsp3) is 0.500. The number of aromatic nitrogens is 8. The van der Waals surface area contributed by atoms with Gasteiger partial charge in [-0.05, 0) is 0 Å². The number of nitrogens with zero attached hydrogens (tertiary/aromatic N) is 7. The maximum atomic E-state index is 15.9. The molecule has 19 nitrogen and oxygen atoms in total. The van der Waals surface area contributed by atoms with Crippen LogP contribution in [0.4, 0.5) is 16.2 Å². The van der Waals surface area contributed by atoms with Gasteiger partial charge in [0.2, 0.25) is 5.95 Å². The largest absolute Gasteiger partial charge is 0.476 e. The number of alkyl halides is 1. The van der Waals surface area contributed by atoms with Gasteiger partial charge in [-0.1, -0.05) is 0 Å². The summed E-state index contributed by atoms with van der Waals surface area (Å²) in [6.45, 7) is -0.908. The third kappa shape index (κ3) is 5.52. The lowest BCUT2D eigenvalue weighted by Gasteiger charge is -2.23. The number of nitrogens with two attached hydrogens (primary N) is 2. The summed E-state index contributed by atoms with van der Waals surface area (Å²) in [6.07, 6.45) is -4.72. The molecule has 2 unspecified atom stereocenters. The highest BCUT2D eigenvalue weighted by molar-refractivity contribution is 8.47. The predicted octanol–water partition coefficient (Wildman–Crippen LogP) is 0.663. The number of rotatable bonds is 2. The van der Waals surface area contributed by atoms with E-state index in [4.69, 9.17) is 39.0 Å². The van der Waals surface area contributed by atoms with Crippen LogP contribution >= 0.6 is 38.8 Å². The monoisotopic (exact) mass is 694 g/mol. The Bertz CT molecular complexity index is 1780. The van der Waals surface area contributed by atoms with Crippen LogP contribution in [0.1, 0.15) is 18.9 Å². The van der Waals surface area contributed by atoms with E-state index in [1.807, 2.05) is 0 Å². The van der Waals surface area contributed by atoms with Crippen molar-refractivity contribution in [3.05, 3.63) is 29.3 Å². The lowest BCUT2D eigenvalue weighted by molar-refractivity contribution is -0.0603. The second-order valence-corrected chi connectivity index (χ2v) is 16.0. The molecule has 0 radical (unpaired) electrons. The Kier molecular flexibility index (Phi) is 7.71. The smallest absolute Gasteiger partial charge is 0.382 e. The summed E-state index contributed by atoms with van der Waals surface area (Å²) in [7, 11) is -8.01. The van der Waals surface area contributed by atoms with Crippen molar-refractivity contribution in [1.82, 2.24) is 39.0 Å². The summed E-state index contributed by atoms with van der Waals surface area (Å²) in [6, 6.07) is 0. The molecule has 4 aromatic rings. The molecule has 24 heteroatoms. The molecule has 9 atom stereocenters. The number of nitrogens with one attached hydrogen (secondary N) is 1. The fourth-order valence-electron chi connectivity index (χ4n) is 5.24. The number of anilines is 2. The van der Waals surface area contributed by atoms with Gasteiger partial charge in [-0.15, -0.1) is 0 Å². The van der Waals surface area contributed by atoms with Gasteiger partial charge in [-0.25, -0.2) is 24.3 Å². The van der Waals surface area contributed by atoms with Crippen LogP contribution in [0.3, 0.4) is 0 Å². The molecule has 4 aromatic heterocycles. The number of hydrogen-bond acceptors (Lipinski definition) is 18. The summed E-state index contributed by atoms with van der Waals surface area (Å²) >= 11 is 8.38. The summed E-state index contributed by atoms with van der Waals surface area (Å²) < 4.78 is 53.5. The van der Waals surface area contributed by atoms with E-state index in [0.29, 0.717) is 11.2 Å². The number of nitrogen functional groups attached to an aromatic ring is 2. The highest BCUT2D eigenvalue weighted by Crippen LogP contribution is 2.67. The molecule has 7 N–H and O–H groups in total. The number of halogens is 1. The molecule has 0 aromatic carbocycles. The second kappa shape index (κ2) is 11.2. The Labute approximate surface area is 256 Å². The Morgan fingerprint density at radius 1 is 0.932 bits per heavy atom. The van der Waals surface area contributed by atoms with Crippen molar-refractivity contribution in [1.29, 1.82) is 0 Å². The van der Waals surface area contributed by atoms with Crippen molar-refractivity contribution in [2.75, 3.05) is 24.7 Å². The molecule has 44 heavy (non-hydrogen) atoms. The minimum Gasteiger partial charge on any atom is -0.382 e. The Morgan fingerprint density at radius 2 is 1.64 bits per heavy atom. The van der Waals surface area contributed by atoms with Crippen molar-refractivity contribution in [3.63, 3.8) is 0 Å². The molecule has 0 saturated carbocycles. The maximum absolute atomic E-state index is 15.9. The van der Waals surface area contributed by atoms with Crippen LogP contribution in [0.15, 0.2) is 23.8 Å². The maximum Gasteiger partial charge on any atom is 0.476 e. The number of thiol groups is 2. The zero-order valence-electron chi connectivity index (χ0n) is 22.1. The molecule has 7 rings (SSSR count). The van der Waals surface area contributed by atoms with Crippen LogP contribution < -0.4 is 17.0 Å². The van der Waals surface area contributed by atoms with Crippen molar-refractivity contribution in [2.45, 2.75) is 49.5 Å². The molecule has 3 aliphatic rings. The molecule has 3 aliphatic heterocycles. The fourth-order valence-corrected chi connectivity index (χ4v) is 8.25. The van der Waals surface area contributed by atoms with Crippen molar-refractivity contribution in [2.24, 2.45) is 0 Å². The van der Waals surface area contributed by atoms with Crippen LogP contribution in [-0.2, 0) is 27.6 Å². The number of fused-ring (bicyclic) bond motifs is 5. The quantitative estimate of drug-likeness (QED) is 0.112. The van der Waals surface area contributed by atoms with E-state index in [2.05, 4.69) is 54.4 Å². The number of hydrogen-bond donors (Lipinski definition) is 7. The van der Waals surface area contributed by atoms with Gasteiger partial charge in [-0.2, -0.15) is 32.9 Å². The van der Waals surface area contributed by atoms with Gasteiger partial charge in [0.15, 0.2) is 41.1 Å². The topological polar surface area (TPSA) is 255 Å². The lowest BCUT2D eigenvalue weighted by Crippen LogP contribution is -2.32. The molecule has 7 heterocycles. The minimum absolute atomic E-state index is 0.0319. The van der Waals surface area contributed by atoms with Crippen LogP contribution in [0, 0.1) is 0 Å². The van der Waals surface area contributed by atoms with Gasteiger partial charge in [-0.3, -0.25) is 18.9 Å². The zero-order valence-corrected chi connectivity index (χ0v) is 25.7. The van der Waals surface area contributed by atoms with Crippen molar-refractivity contribution < 1.29 is 41.7 Å². The first kappa shape index (κ1) is 30.3. The minimum atomic E-state index is -4.09. The Balaban J connectivity index is 1.18. The molecule has 0 aliphatic carbocycles. The highest BCUT2D eigenvalue weighted by atomic mass is 32.7. The molecule has 0 spiro atoms. The van der Waals surface area contributed by atoms with E-state index in [9.17, 15) is 14.6 Å². The van der Waals surface area contributed by atoms with Crippen LogP contribution in [0.25, 0.3) is 22.3 Å². The van der Waals surface area contributed by atoms with E-state index in [1.165, 1.54) is 23.5 Å². The summed E-state index contributed by atoms with van der Waals surface area (Å²) in [5, 5.41) is 0. The molecular weight excluding hydrogens is 669 g/mol. The van der Waals surface area contributed by atoms with Crippen LogP contribution in [0.5, 0.6) is 0 Å². The van der Waals surface area contributed by atoms with E-state index >= 15 is 4.39 Å². The van der Waals surface area contributed by atoms with Gasteiger partial charge >= 0.3 is 14.3 Å². The normalized spacial score (nSPS) is 36.6. The van der Waals surface area contributed by atoms with Gasteiger partial charge in [0, 0.05) is 6.42 Å². The molecule has 0 amide bonds. The first-order chi connectivity index (χ1) is 20.9. The number of imidazole rings is 2. The number of H-pyrrole nitrogens is 1. The average Bonchev–Trinajstić information content (AvgIpc) is 3.72. The van der Waals surface area contributed by atoms with Gasteiger partial charge in [0.05, 0.1) is 37.2 Å². The van der Waals surface area contributed by atoms with Gasteiger partial charge in [0.1, 0.15) is 49.6 Å². The predicted molar refractivity (Wildman–Crippen MR) is 158 cm³/mol. The third-order valence-corrected chi connectivity index (χ3v) is 10.5. The molecule has 3 fully saturated rings. The first-order valence-corrected chi connectivity index (χ1v) is 18.3. The SMILES string of the molecule is Nc1nc2c(ncn2[C@@H]2O[C@@H]3CO[P+](O)(S)O[C@H]4C[C@H](n5cnc6c(N)ncnc65)O[C@@H]4CO[P+](O)(S)O[C@@H]2[C@@H]3F)c(=O)[nH]1. The molecular formula is C20H25FN10O9P2S2+2. The summed E-state index contributed by atoms with van der Waals surface area (Å²) in [5.41, 5.74) is 11.6. The first-order valence-electron chi connectivity index (χ1n) is 12.8. The van der Waals surface area contributed by atoms with E-state index < -0.39 is 69.5 Å². The van der Waals surface area contributed by atoms with Gasteiger partial charge < -0.3 is 20.9 Å². The second-order valence-electron chi connectivity index (χ2n) is 10.0. The van der Waals surface area contributed by atoms with Crippen molar-refractivity contribution in [3.8, 4) is 0 Å². The van der Waals surface area contributed by atoms with Crippen molar-refractivity contribution >= 4 is 72.9 Å².